The fourth-order valence-electron chi connectivity index (χ4n) is 1.63. The number of aromatic nitrogens is 2. The largest absolute Gasteiger partial charge is 0.341 e. The van der Waals surface area contributed by atoms with Crippen molar-refractivity contribution in [2.45, 2.75) is 19.4 Å². The molecule has 1 atom stereocenters. The maximum atomic E-state index is 11.2. The summed E-state index contributed by atoms with van der Waals surface area (Å²) >= 11 is 0. The van der Waals surface area contributed by atoms with Crippen molar-refractivity contribution in [2.75, 3.05) is 0 Å². The Bertz CT molecular complexity index is 563. The zero-order valence-corrected chi connectivity index (χ0v) is 10.7. The smallest absolute Gasteiger partial charge is 0.248 e. The molecule has 2 rings (SSSR count). The van der Waals surface area contributed by atoms with E-state index < -0.39 is 0 Å². The first-order valence-electron chi connectivity index (χ1n) is 5.98. The van der Waals surface area contributed by atoms with E-state index in [9.17, 15) is 4.79 Å². The minimum atomic E-state index is -0.331. The van der Waals surface area contributed by atoms with Crippen molar-refractivity contribution in [3.8, 4) is 0 Å². The fourth-order valence-corrected chi connectivity index (χ4v) is 1.63. The number of hydrogen-bond donors (Lipinski definition) is 1. The molecule has 5 nitrogen and oxygen atoms in total. The van der Waals surface area contributed by atoms with Crippen LogP contribution in [0.2, 0.25) is 0 Å². The lowest BCUT2D eigenvalue weighted by atomic mass is 10.1. The van der Waals surface area contributed by atoms with E-state index in [4.69, 9.17) is 4.52 Å². The topological polar surface area (TPSA) is 68.0 Å². The molecule has 0 aliphatic carbocycles. The van der Waals surface area contributed by atoms with Gasteiger partial charge in [0.15, 0.2) is 5.82 Å². The number of rotatable bonds is 5. The van der Waals surface area contributed by atoms with Gasteiger partial charge in [0.2, 0.25) is 11.8 Å². The lowest BCUT2D eigenvalue weighted by molar-refractivity contribution is -0.117. The number of benzene rings is 1. The highest BCUT2D eigenvalue weighted by Gasteiger charge is 2.15. The van der Waals surface area contributed by atoms with Crippen LogP contribution in [0.5, 0.6) is 0 Å². The predicted octanol–water partition coefficient (Wildman–Crippen LogP) is 2.02. The summed E-state index contributed by atoms with van der Waals surface area (Å²) in [4.78, 5) is 15.4. The number of amides is 1. The van der Waals surface area contributed by atoms with Crippen LogP contribution in [0.3, 0.4) is 0 Å². The zero-order valence-electron chi connectivity index (χ0n) is 10.7. The van der Waals surface area contributed by atoms with Crippen LogP contribution in [0.4, 0.5) is 0 Å². The summed E-state index contributed by atoms with van der Waals surface area (Å²) in [6, 6.07) is 9.55. The van der Waals surface area contributed by atoms with E-state index in [0.717, 1.165) is 5.56 Å². The van der Waals surface area contributed by atoms with Crippen molar-refractivity contribution in [3.05, 3.63) is 60.3 Å². The Balaban J connectivity index is 2.02. The average molecular weight is 257 g/mol. The normalized spacial score (nSPS) is 11.8. The van der Waals surface area contributed by atoms with Gasteiger partial charge < -0.3 is 9.84 Å². The number of nitrogens with zero attached hydrogens (tertiary/aromatic N) is 2. The summed E-state index contributed by atoms with van der Waals surface area (Å²) in [5, 5.41) is 6.57. The second kappa shape index (κ2) is 5.95. The summed E-state index contributed by atoms with van der Waals surface area (Å²) in [5.41, 5.74) is 1.11. The molecular formula is C14H15N3O2. The van der Waals surface area contributed by atoms with Crippen LogP contribution in [0.25, 0.3) is 0 Å². The summed E-state index contributed by atoms with van der Waals surface area (Å²) in [5.74, 6) is 0.720. The van der Waals surface area contributed by atoms with Crippen molar-refractivity contribution in [1.29, 1.82) is 0 Å². The van der Waals surface area contributed by atoms with E-state index in [2.05, 4.69) is 22.0 Å². The first-order chi connectivity index (χ1) is 9.19. The summed E-state index contributed by atoms with van der Waals surface area (Å²) in [6.07, 6.45) is 1.81. The molecule has 1 aromatic carbocycles. The molecule has 0 saturated carbocycles. The molecule has 5 heteroatoms. The molecule has 0 spiro atoms. The molecule has 1 N–H and O–H groups in total. The monoisotopic (exact) mass is 257 g/mol. The lowest BCUT2D eigenvalue weighted by Crippen LogP contribution is -2.24. The quantitative estimate of drug-likeness (QED) is 0.832. The van der Waals surface area contributed by atoms with E-state index in [1.165, 1.54) is 6.08 Å². The summed E-state index contributed by atoms with van der Waals surface area (Å²) in [7, 11) is 0. The third kappa shape index (κ3) is 3.51. The first kappa shape index (κ1) is 13.0. The Morgan fingerprint density at radius 1 is 1.47 bits per heavy atom. The van der Waals surface area contributed by atoms with Gasteiger partial charge in [-0.05, 0) is 18.6 Å². The van der Waals surface area contributed by atoms with Gasteiger partial charge in [-0.3, -0.25) is 4.79 Å². The third-order valence-corrected chi connectivity index (χ3v) is 2.60. The minimum absolute atomic E-state index is 0.268. The molecule has 19 heavy (non-hydrogen) atoms. The van der Waals surface area contributed by atoms with Gasteiger partial charge in [0.1, 0.15) is 6.04 Å². The van der Waals surface area contributed by atoms with Crippen molar-refractivity contribution < 1.29 is 9.32 Å². The van der Waals surface area contributed by atoms with Crippen LogP contribution in [0.15, 0.2) is 47.5 Å². The SMILES string of the molecule is C=CC(=O)NC(C)c1nc(Cc2ccccc2)no1. The van der Waals surface area contributed by atoms with E-state index >= 15 is 0 Å². The Morgan fingerprint density at radius 3 is 2.89 bits per heavy atom. The number of carbonyl (C=O) groups excluding carboxylic acids is 1. The van der Waals surface area contributed by atoms with Gasteiger partial charge >= 0.3 is 0 Å². The van der Waals surface area contributed by atoms with Gasteiger partial charge in [-0.15, -0.1) is 0 Å². The lowest BCUT2D eigenvalue weighted by Gasteiger charge is -2.06. The molecule has 1 heterocycles. The van der Waals surface area contributed by atoms with Gasteiger partial charge in [-0.25, -0.2) is 0 Å². The van der Waals surface area contributed by atoms with E-state index in [1.807, 2.05) is 30.3 Å². The highest BCUT2D eigenvalue weighted by molar-refractivity contribution is 5.87. The number of carbonyl (C=O) groups is 1. The fraction of sp³-hybridized carbons (Fsp3) is 0.214. The van der Waals surface area contributed by atoms with Crippen molar-refractivity contribution in [1.82, 2.24) is 15.5 Å². The molecule has 0 aliphatic heterocycles. The van der Waals surface area contributed by atoms with Gasteiger partial charge in [-0.2, -0.15) is 4.98 Å². The predicted molar refractivity (Wildman–Crippen MR) is 70.3 cm³/mol. The molecule has 1 amide bonds. The molecule has 0 aliphatic rings. The van der Waals surface area contributed by atoms with Crippen LogP contribution in [-0.2, 0) is 11.2 Å². The molecule has 0 radical (unpaired) electrons. The van der Waals surface area contributed by atoms with Crippen molar-refractivity contribution >= 4 is 5.91 Å². The highest BCUT2D eigenvalue weighted by Crippen LogP contribution is 2.12. The molecule has 1 unspecified atom stereocenters. The van der Waals surface area contributed by atoms with Crippen LogP contribution >= 0.6 is 0 Å². The molecule has 98 valence electrons. The number of nitrogens with one attached hydrogen (secondary N) is 1. The molecule has 0 bridgehead atoms. The van der Waals surface area contributed by atoms with E-state index in [1.54, 1.807) is 6.92 Å². The van der Waals surface area contributed by atoms with Crippen molar-refractivity contribution in [3.63, 3.8) is 0 Å². The Morgan fingerprint density at radius 2 is 2.21 bits per heavy atom. The maximum Gasteiger partial charge on any atom is 0.248 e. The standard InChI is InChI=1S/C14H15N3O2/c1-3-13(18)15-10(2)14-16-12(17-19-14)9-11-7-5-4-6-8-11/h3-8,10H,1,9H2,2H3,(H,15,18). The van der Waals surface area contributed by atoms with Crippen LogP contribution < -0.4 is 5.32 Å². The Hall–Kier alpha value is -2.43. The van der Waals surface area contributed by atoms with Gasteiger partial charge in [0, 0.05) is 6.42 Å². The molecule has 2 aromatic rings. The average Bonchev–Trinajstić information content (AvgIpc) is 2.88. The minimum Gasteiger partial charge on any atom is -0.341 e. The van der Waals surface area contributed by atoms with Crippen LogP contribution in [0.1, 0.15) is 30.2 Å². The molecule has 1 aromatic heterocycles. The summed E-state index contributed by atoms with van der Waals surface area (Å²) in [6.45, 7) is 5.17. The van der Waals surface area contributed by atoms with Gasteiger partial charge in [-0.1, -0.05) is 42.1 Å². The molecular weight excluding hydrogens is 242 g/mol. The number of hydrogen-bond acceptors (Lipinski definition) is 4. The van der Waals surface area contributed by atoms with E-state index in [-0.39, 0.29) is 11.9 Å². The third-order valence-electron chi connectivity index (χ3n) is 2.60. The zero-order chi connectivity index (χ0) is 13.7. The second-order valence-corrected chi connectivity index (χ2v) is 4.15. The second-order valence-electron chi connectivity index (χ2n) is 4.15. The van der Waals surface area contributed by atoms with Crippen LogP contribution in [-0.4, -0.2) is 16.0 Å². The van der Waals surface area contributed by atoms with E-state index in [0.29, 0.717) is 18.1 Å². The first-order valence-corrected chi connectivity index (χ1v) is 5.98. The summed E-state index contributed by atoms with van der Waals surface area (Å²) < 4.78 is 5.13. The van der Waals surface area contributed by atoms with Gasteiger partial charge in [0.25, 0.3) is 0 Å². The molecule has 0 fully saturated rings. The Kier molecular flexibility index (Phi) is 4.07. The van der Waals surface area contributed by atoms with Crippen LogP contribution in [0, 0.1) is 0 Å². The van der Waals surface area contributed by atoms with Gasteiger partial charge in [0.05, 0.1) is 0 Å². The maximum absolute atomic E-state index is 11.2. The van der Waals surface area contributed by atoms with Crippen molar-refractivity contribution in [2.24, 2.45) is 0 Å². The Labute approximate surface area is 111 Å². The highest BCUT2D eigenvalue weighted by atomic mass is 16.5. The molecule has 0 saturated heterocycles.